The molecule has 3 heteroatoms. The van der Waals surface area contributed by atoms with Crippen LogP contribution in [0.3, 0.4) is 0 Å². The van der Waals surface area contributed by atoms with Crippen molar-refractivity contribution in [1.29, 1.82) is 0 Å². The summed E-state index contributed by atoms with van der Waals surface area (Å²) in [6, 6.07) is 0.133. The second-order valence-electron chi connectivity index (χ2n) is 2.08. The van der Waals surface area contributed by atoms with Gasteiger partial charge in [0.1, 0.15) is 5.70 Å². The number of nitrogens with one attached hydrogen (secondary N) is 1. The number of carboxylic acid groups (broad SMARTS) is 1. The van der Waals surface area contributed by atoms with Crippen molar-refractivity contribution < 1.29 is 9.90 Å². The van der Waals surface area contributed by atoms with Crippen LogP contribution in [0.1, 0.15) is 13.8 Å². The fraction of sp³-hybridized carbons (Fsp3) is 0.500. The highest BCUT2D eigenvalue weighted by atomic mass is 16.4. The van der Waals surface area contributed by atoms with Crippen LogP contribution in [0.4, 0.5) is 0 Å². The Morgan fingerprint density at radius 1 is 1.67 bits per heavy atom. The highest BCUT2D eigenvalue weighted by Gasteiger charge is 2.02. The minimum Gasteiger partial charge on any atom is -0.477 e. The Bertz CT molecular complexity index is 129. The van der Waals surface area contributed by atoms with Crippen LogP contribution in [0.5, 0.6) is 0 Å². The van der Waals surface area contributed by atoms with E-state index in [1.54, 1.807) is 0 Å². The van der Waals surface area contributed by atoms with Gasteiger partial charge in [0.05, 0.1) is 0 Å². The normalized spacial score (nSPS) is 9.22. The SMILES string of the molecule is C=C(NC(C)C)C(=O)O. The van der Waals surface area contributed by atoms with E-state index < -0.39 is 5.97 Å². The zero-order valence-electron chi connectivity index (χ0n) is 5.64. The molecule has 0 fully saturated rings. The number of carbonyl (C=O) groups is 1. The molecule has 0 rings (SSSR count). The molecule has 0 saturated carbocycles. The van der Waals surface area contributed by atoms with Crippen LogP contribution in [-0.4, -0.2) is 17.1 Å². The average Bonchev–Trinajstić information content (AvgIpc) is 1.63. The molecule has 0 aliphatic carbocycles. The van der Waals surface area contributed by atoms with Crippen molar-refractivity contribution in [2.75, 3.05) is 0 Å². The minimum atomic E-state index is -0.997. The van der Waals surface area contributed by atoms with E-state index in [0.29, 0.717) is 0 Å². The number of hydrogen-bond acceptors (Lipinski definition) is 2. The molecular weight excluding hydrogens is 118 g/mol. The molecule has 3 nitrogen and oxygen atoms in total. The number of hydrogen-bond donors (Lipinski definition) is 2. The van der Waals surface area contributed by atoms with Crippen LogP contribution < -0.4 is 5.32 Å². The lowest BCUT2D eigenvalue weighted by Crippen LogP contribution is -2.25. The fourth-order valence-electron chi connectivity index (χ4n) is 0.410. The van der Waals surface area contributed by atoms with Gasteiger partial charge in [0, 0.05) is 6.04 Å². The maximum absolute atomic E-state index is 10.1. The fourth-order valence-corrected chi connectivity index (χ4v) is 0.410. The van der Waals surface area contributed by atoms with Gasteiger partial charge in [-0.3, -0.25) is 0 Å². The molecule has 0 saturated heterocycles. The molecular formula is C6H11NO2. The van der Waals surface area contributed by atoms with E-state index in [2.05, 4.69) is 11.9 Å². The van der Waals surface area contributed by atoms with Crippen LogP contribution in [0, 0.1) is 0 Å². The zero-order chi connectivity index (χ0) is 7.44. The molecule has 0 aromatic rings. The van der Waals surface area contributed by atoms with Gasteiger partial charge in [0.15, 0.2) is 0 Å². The van der Waals surface area contributed by atoms with E-state index in [9.17, 15) is 4.79 Å². The summed E-state index contributed by atoms with van der Waals surface area (Å²) in [4.78, 5) is 10.1. The molecule has 0 spiro atoms. The summed E-state index contributed by atoms with van der Waals surface area (Å²) in [6.45, 7) is 6.99. The van der Waals surface area contributed by atoms with Crippen LogP contribution in [0.2, 0.25) is 0 Å². The lowest BCUT2D eigenvalue weighted by molar-refractivity contribution is -0.133. The van der Waals surface area contributed by atoms with Gasteiger partial charge in [-0.05, 0) is 13.8 Å². The summed E-state index contributed by atoms with van der Waals surface area (Å²) in [6.07, 6.45) is 0. The first kappa shape index (κ1) is 8.01. The molecule has 0 aliphatic heterocycles. The molecule has 52 valence electrons. The topological polar surface area (TPSA) is 49.3 Å². The number of aliphatic carboxylic acids is 1. The average molecular weight is 129 g/mol. The van der Waals surface area contributed by atoms with Crippen molar-refractivity contribution in [2.45, 2.75) is 19.9 Å². The maximum Gasteiger partial charge on any atom is 0.351 e. The Morgan fingerprint density at radius 2 is 2.11 bits per heavy atom. The molecule has 0 aliphatic rings. The van der Waals surface area contributed by atoms with Gasteiger partial charge in [0.2, 0.25) is 0 Å². The van der Waals surface area contributed by atoms with Gasteiger partial charge in [-0.2, -0.15) is 0 Å². The first-order chi connectivity index (χ1) is 4.04. The third kappa shape index (κ3) is 3.58. The lowest BCUT2D eigenvalue weighted by Gasteiger charge is -2.07. The molecule has 0 amide bonds. The standard InChI is InChI=1S/C6H11NO2/c1-4(2)7-5(3)6(8)9/h4,7H,3H2,1-2H3,(H,8,9). The summed E-state index contributed by atoms with van der Waals surface area (Å²) in [5.74, 6) is -0.997. The second kappa shape index (κ2) is 3.12. The Balaban J connectivity index is 3.65. The molecule has 9 heavy (non-hydrogen) atoms. The maximum atomic E-state index is 10.1. The third-order valence-corrected chi connectivity index (χ3v) is 0.721. The van der Waals surface area contributed by atoms with E-state index in [1.807, 2.05) is 13.8 Å². The largest absolute Gasteiger partial charge is 0.477 e. The Kier molecular flexibility index (Phi) is 2.78. The number of rotatable bonds is 3. The van der Waals surface area contributed by atoms with Crippen molar-refractivity contribution in [1.82, 2.24) is 5.32 Å². The van der Waals surface area contributed by atoms with Gasteiger partial charge in [-0.25, -0.2) is 4.79 Å². The zero-order valence-corrected chi connectivity index (χ0v) is 5.64. The second-order valence-corrected chi connectivity index (χ2v) is 2.08. The number of carboxylic acids is 1. The van der Waals surface area contributed by atoms with Gasteiger partial charge in [-0.15, -0.1) is 0 Å². The predicted octanol–water partition coefficient (Wildman–Crippen LogP) is 0.583. The first-order valence-electron chi connectivity index (χ1n) is 2.72. The van der Waals surface area contributed by atoms with Gasteiger partial charge in [0.25, 0.3) is 0 Å². The highest BCUT2D eigenvalue weighted by Crippen LogP contribution is 1.86. The molecule has 0 unspecified atom stereocenters. The van der Waals surface area contributed by atoms with Crippen LogP contribution in [0.25, 0.3) is 0 Å². The van der Waals surface area contributed by atoms with Crippen molar-refractivity contribution >= 4 is 5.97 Å². The summed E-state index contributed by atoms with van der Waals surface area (Å²) < 4.78 is 0. The van der Waals surface area contributed by atoms with Crippen molar-refractivity contribution in [3.63, 3.8) is 0 Å². The van der Waals surface area contributed by atoms with Crippen molar-refractivity contribution in [3.05, 3.63) is 12.3 Å². The Morgan fingerprint density at radius 3 is 2.22 bits per heavy atom. The van der Waals surface area contributed by atoms with Crippen LogP contribution in [0.15, 0.2) is 12.3 Å². The summed E-state index contributed by atoms with van der Waals surface area (Å²) in [5, 5.41) is 10.9. The van der Waals surface area contributed by atoms with Crippen LogP contribution in [-0.2, 0) is 4.79 Å². The molecule has 0 heterocycles. The molecule has 0 bridgehead atoms. The predicted molar refractivity (Wildman–Crippen MR) is 35.0 cm³/mol. The first-order valence-corrected chi connectivity index (χ1v) is 2.72. The molecule has 0 atom stereocenters. The van der Waals surface area contributed by atoms with E-state index in [0.717, 1.165) is 0 Å². The quantitative estimate of drug-likeness (QED) is 0.548. The van der Waals surface area contributed by atoms with Crippen molar-refractivity contribution in [3.8, 4) is 0 Å². The lowest BCUT2D eigenvalue weighted by atomic mass is 10.3. The molecule has 0 aromatic carbocycles. The van der Waals surface area contributed by atoms with E-state index >= 15 is 0 Å². The Hall–Kier alpha value is -0.990. The van der Waals surface area contributed by atoms with E-state index in [4.69, 9.17) is 5.11 Å². The van der Waals surface area contributed by atoms with E-state index in [-0.39, 0.29) is 11.7 Å². The highest BCUT2D eigenvalue weighted by molar-refractivity contribution is 5.85. The smallest absolute Gasteiger partial charge is 0.351 e. The summed E-state index contributed by atoms with van der Waals surface area (Å²) in [5.41, 5.74) is 0.0463. The van der Waals surface area contributed by atoms with Gasteiger partial charge < -0.3 is 10.4 Å². The van der Waals surface area contributed by atoms with Gasteiger partial charge >= 0.3 is 5.97 Å². The summed E-state index contributed by atoms with van der Waals surface area (Å²) >= 11 is 0. The van der Waals surface area contributed by atoms with Gasteiger partial charge in [-0.1, -0.05) is 6.58 Å². The Labute approximate surface area is 54.4 Å². The van der Waals surface area contributed by atoms with Crippen LogP contribution >= 0.6 is 0 Å². The minimum absolute atomic E-state index is 0.0463. The van der Waals surface area contributed by atoms with E-state index in [1.165, 1.54) is 0 Å². The monoisotopic (exact) mass is 129 g/mol. The molecule has 0 aromatic heterocycles. The van der Waals surface area contributed by atoms with Crippen molar-refractivity contribution in [2.24, 2.45) is 0 Å². The molecule has 0 radical (unpaired) electrons. The summed E-state index contributed by atoms with van der Waals surface area (Å²) in [7, 11) is 0. The molecule has 2 N–H and O–H groups in total. The third-order valence-electron chi connectivity index (χ3n) is 0.721.